The highest BCUT2D eigenvalue weighted by Crippen LogP contribution is 2.41. The minimum Gasteiger partial charge on any atom is -0.378 e. The summed E-state index contributed by atoms with van der Waals surface area (Å²) in [6, 6.07) is -0.0000739. The number of ether oxygens (including phenoxy) is 2. The van der Waals surface area contributed by atoms with E-state index in [1.54, 1.807) is 7.11 Å². The van der Waals surface area contributed by atoms with Gasteiger partial charge in [0.15, 0.2) is 0 Å². The van der Waals surface area contributed by atoms with E-state index in [2.05, 4.69) is 22.4 Å². The Morgan fingerprint density at radius 1 is 1.45 bits per heavy atom. The van der Waals surface area contributed by atoms with Gasteiger partial charge in [0, 0.05) is 13.7 Å². The number of nitrogens with zero attached hydrogens (tertiary/aromatic N) is 2. The van der Waals surface area contributed by atoms with Crippen molar-refractivity contribution in [1.82, 2.24) is 15.5 Å². The van der Waals surface area contributed by atoms with Crippen LogP contribution in [0, 0.1) is 5.92 Å². The lowest BCUT2D eigenvalue weighted by Gasteiger charge is -2.36. The molecule has 0 bridgehead atoms. The molecule has 1 N–H and O–H groups in total. The molecule has 0 amide bonds. The standard InChI is InChI=1S/C14H23N3O3/c1-10-4-3-5-14(8-10,18-2)13-16-12(20-17-13)11-9-19-7-6-15-11/h10-11,15H,3-9H2,1-2H3. The highest BCUT2D eigenvalue weighted by Gasteiger charge is 2.41. The average Bonchev–Trinajstić information content (AvgIpc) is 2.98. The number of hydrogen-bond donors (Lipinski definition) is 1. The Bertz CT molecular complexity index is 445. The van der Waals surface area contributed by atoms with E-state index in [1.807, 2.05) is 0 Å². The van der Waals surface area contributed by atoms with E-state index in [0.717, 1.165) is 32.4 Å². The lowest BCUT2D eigenvalue weighted by Crippen LogP contribution is -2.36. The quantitative estimate of drug-likeness (QED) is 0.911. The van der Waals surface area contributed by atoms with Gasteiger partial charge in [-0.25, -0.2) is 0 Å². The Morgan fingerprint density at radius 3 is 3.05 bits per heavy atom. The molecule has 3 unspecified atom stereocenters. The van der Waals surface area contributed by atoms with Crippen LogP contribution in [-0.2, 0) is 15.1 Å². The van der Waals surface area contributed by atoms with Crippen molar-refractivity contribution in [3.63, 3.8) is 0 Å². The molecular formula is C14H23N3O3. The summed E-state index contributed by atoms with van der Waals surface area (Å²) in [4.78, 5) is 4.59. The molecule has 1 aromatic heterocycles. The van der Waals surface area contributed by atoms with Crippen LogP contribution < -0.4 is 5.32 Å². The summed E-state index contributed by atoms with van der Waals surface area (Å²) in [5, 5.41) is 7.51. The van der Waals surface area contributed by atoms with E-state index < -0.39 is 0 Å². The minimum atomic E-state index is -0.380. The summed E-state index contributed by atoms with van der Waals surface area (Å²) in [6.07, 6.45) is 4.30. The van der Waals surface area contributed by atoms with Crippen molar-refractivity contribution in [2.24, 2.45) is 5.92 Å². The highest BCUT2D eigenvalue weighted by atomic mass is 16.5. The van der Waals surface area contributed by atoms with Crippen molar-refractivity contribution in [2.45, 2.75) is 44.2 Å². The van der Waals surface area contributed by atoms with Crippen molar-refractivity contribution >= 4 is 0 Å². The molecule has 0 radical (unpaired) electrons. The van der Waals surface area contributed by atoms with Crippen LogP contribution in [0.4, 0.5) is 0 Å². The molecule has 112 valence electrons. The van der Waals surface area contributed by atoms with Crippen molar-refractivity contribution in [2.75, 3.05) is 26.9 Å². The van der Waals surface area contributed by atoms with Crippen LogP contribution in [0.3, 0.4) is 0 Å². The molecule has 20 heavy (non-hydrogen) atoms. The fourth-order valence-corrected chi connectivity index (χ4v) is 3.27. The lowest BCUT2D eigenvalue weighted by atomic mass is 9.78. The predicted molar refractivity (Wildman–Crippen MR) is 72.2 cm³/mol. The van der Waals surface area contributed by atoms with Gasteiger partial charge in [-0.15, -0.1) is 0 Å². The van der Waals surface area contributed by atoms with Crippen LogP contribution in [-0.4, -0.2) is 37.0 Å². The van der Waals surface area contributed by atoms with E-state index in [-0.39, 0.29) is 11.6 Å². The first-order valence-electron chi connectivity index (χ1n) is 7.44. The van der Waals surface area contributed by atoms with E-state index in [0.29, 0.717) is 24.2 Å². The van der Waals surface area contributed by atoms with Gasteiger partial charge in [-0.2, -0.15) is 4.98 Å². The molecule has 2 aliphatic rings. The van der Waals surface area contributed by atoms with Gasteiger partial charge in [-0.1, -0.05) is 18.5 Å². The highest BCUT2D eigenvalue weighted by molar-refractivity contribution is 5.06. The maximum atomic E-state index is 5.80. The molecule has 3 atom stereocenters. The zero-order valence-corrected chi connectivity index (χ0v) is 12.2. The number of rotatable bonds is 3. The molecule has 3 rings (SSSR count). The average molecular weight is 281 g/mol. The van der Waals surface area contributed by atoms with Gasteiger partial charge in [-0.3, -0.25) is 0 Å². The molecule has 2 fully saturated rings. The van der Waals surface area contributed by atoms with Gasteiger partial charge in [0.2, 0.25) is 11.7 Å². The van der Waals surface area contributed by atoms with Crippen LogP contribution in [0.25, 0.3) is 0 Å². The van der Waals surface area contributed by atoms with Crippen molar-refractivity contribution in [3.05, 3.63) is 11.7 Å². The van der Waals surface area contributed by atoms with E-state index in [1.165, 1.54) is 6.42 Å². The first-order chi connectivity index (χ1) is 9.73. The van der Waals surface area contributed by atoms with Crippen molar-refractivity contribution < 1.29 is 14.0 Å². The van der Waals surface area contributed by atoms with Gasteiger partial charge in [0.25, 0.3) is 0 Å². The Morgan fingerprint density at radius 2 is 2.35 bits per heavy atom. The third kappa shape index (κ3) is 2.60. The maximum Gasteiger partial charge on any atom is 0.246 e. The summed E-state index contributed by atoms with van der Waals surface area (Å²) < 4.78 is 16.7. The van der Waals surface area contributed by atoms with Crippen molar-refractivity contribution in [3.8, 4) is 0 Å². The first kappa shape index (κ1) is 14.0. The lowest BCUT2D eigenvalue weighted by molar-refractivity contribution is -0.0658. The van der Waals surface area contributed by atoms with Crippen molar-refractivity contribution in [1.29, 1.82) is 0 Å². The Labute approximate surface area is 119 Å². The maximum absolute atomic E-state index is 5.80. The molecule has 1 saturated carbocycles. The molecule has 6 nitrogen and oxygen atoms in total. The normalized spacial score (nSPS) is 35.1. The molecule has 2 heterocycles. The second kappa shape index (κ2) is 5.79. The summed E-state index contributed by atoms with van der Waals surface area (Å²) >= 11 is 0. The zero-order valence-electron chi connectivity index (χ0n) is 12.2. The number of aromatic nitrogens is 2. The van der Waals surface area contributed by atoms with Gasteiger partial charge in [0.1, 0.15) is 11.6 Å². The molecule has 6 heteroatoms. The Balaban J connectivity index is 1.80. The largest absolute Gasteiger partial charge is 0.378 e. The third-order valence-electron chi connectivity index (χ3n) is 4.42. The second-order valence-electron chi connectivity index (χ2n) is 5.94. The number of morpholine rings is 1. The number of methoxy groups -OCH3 is 1. The molecule has 0 aromatic carbocycles. The summed E-state index contributed by atoms with van der Waals surface area (Å²) in [6.45, 7) is 4.38. The smallest absolute Gasteiger partial charge is 0.246 e. The third-order valence-corrected chi connectivity index (χ3v) is 4.42. The summed E-state index contributed by atoms with van der Waals surface area (Å²) in [5.41, 5.74) is -0.380. The predicted octanol–water partition coefficient (Wildman–Crippen LogP) is 1.78. The van der Waals surface area contributed by atoms with Crippen LogP contribution in [0.2, 0.25) is 0 Å². The fourth-order valence-electron chi connectivity index (χ4n) is 3.27. The van der Waals surface area contributed by atoms with Gasteiger partial charge in [0.05, 0.1) is 13.2 Å². The van der Waals surface area contributed by atoms with E-state index >= 15 is 0 Å². The zero-order chi connectivity index (χ0) is 14.0. The van der Waals surface area contributed by atoms with Crippen LogP contribution in [0.5, 0.6) is 0 Å². The van der Waals surface area contributed by atoms with Gasteiger partial charge >= 0.3 is 0 Å². The second-order valence-corrected chi connectivity index (χ2v) is 5.94. The molecule has 1 aliphatic carbocycles. The topological polar surface area (TPSA) is 69.4 Å². The number of nitrogens with one attached hydrogen (secondary N) is 1. The first-order valence-corrected chi connectivity index (χ1v) is 7.44. The van der Waals surface area contributed by atoms with Crippen LogP contribution >= 0.6 is 0 Å². The van der Waals surface area contributed by atoms with Gasteiger partial charge in [-0.05, 0) is 25.2 Å². The summed E-state index contributed by atoms with van der Waals surface area (Å²) in [7, 11) is 1.75. The molecule has 1 aliphatic heterocycles. The van der Waals surface area contributed by atoms with Gasteiger partial charge < -0.3 is 19.3 Å². The van der Waals surface area contributed by atoms with Crippen LogP contribution in [0.15, 0.2) is 4.52 Å². The molecular weight excluding hydrogens is 258 g/mol. The number of hydrogen-bond acceptors (Lipinski definition) is 6. The SMILES string of the molecule is COC1(c2noc(C3COCCN3)n2)CCCC(C)C1. The summed E-state index contributed by atoms with van der Waals surface area (Å²) in [5.74, 6) is 1.92. The Hall–Kier alpha value is -0.980. The van der Waals surface area contributed by atoms with Crippen LogP contribution in [0.1, 0.15) is 50.4 Å². The molecule has 1 saturated heterocycles. The Kier molecular flexibility index (Phi) is 4.05. The van der Waals surface area contributed by atoms with E-state index in [9.17, 15) is 0 Å². The fraction of sp³-hybridized carbons (Fsp3) is 0.857. The monoisotopic (exact) mass is 281 g/mol. The molecule has 0 spiro atoms. The minimum absolute atomic E-state index is 0.0000739. The van der Waals surface area contributed by atoms with E-state index in [4.69, 9.17) is 14.0 Å². The molecule has 1 aromatic rings.